The molecule has 86 valence electrons. The van der Waals surface area contributed by atoms with Crippen molar-refractivity contribution in [3.05, 3.63) is 34.6 Å². The maximum atomic E-state index is 13.3. The molecule has 0 saturated carbocycles. The number of rotatable bonds is 5. The average Bonchev–Trinajstić information content (AvgIpc) is 2.28. The number of terminal acetylenes is 1. The Balaban J connectivity index is 2.84. The SMILES string of the molecule is C#CCC(NCCC)c1ccc(Cl)c(F)c1. The average molecular weight is 240 g/mol. The van der Waals surface area contributed by atoms with Crippen molar-refractivity contribution in [1.82, 2.24) is 5.32 Å². The Hall–Kier alpha value is -1.04. The van der Waals surface area contributed by atoms with Gasteiger partial charge in [-0.25, -0.2) is 4.39 Å². The second-order valence-electron chi connectivity index (χ2n) is 3.59. The Bertz CT molecular complexity index is 384. The van der Waals surface area contributed by atoms with E-state index in [9.17, 15) is 4.39 Å². The fourth-order valence-corrected chi connectivity index (χ4v) is 1.59. The van der Waals surface area contributed by atoms with E-state index in [0.717, 1.165) is 18.5 Å². The molecule has 0 saturated heterocycles. The van der Waals surface area contributed by atoms with Crippen LogP contribution in [0.3, 0.4) is 0 Å². The van der Waals surface area contributed by atoms with Crippen LogP contribution in [0.5, 0.6) is 0 Å². The summed E-state index contributed by atoms with van der Waals surface area (Å²) in [5.41, 5.74) is 0.841. The highest BCUT2D eigenvalue weighted by molar-refractivity contribution is 6.30. The van der Waals surface area contributed by atoms with Crippen molar-refractivity contribution in [3.63, 3.8) is 0 Å². The lowest BCUT2D eigenvalue weighted by Gasteiger charge is -2.16. The van der Waals surface area contributed by atoms with E-state index in [-0.39, 0.29) is 11.1 Å². The zero-order chi connectivity index (χ0) is 12.0. The van der Waals surface area contributed by atoms with E-state index in [1.165, 1.54) is 6.07 Å². The van der Waals surface area contributed by atoms with Crippen molar-refractivity contribution in [2.45, 2.75) is 25.8 Å². The van der Waals surface area contributed by atoms with Gasteiger partial charge in [0.25, 0.3) is 0 Å². The van der Waals surface area contributed by atoms with Crippen LogP contribution >= 0.6 is 11.6 Å². The van der Waals surface area contributed by atoms with Gasteiger partial charge in [0.05, 0.1) is 5.02 Å². The summed E-state index contributed by atoms with van der Waals surface area (Å²) in [5, 5.41) is 3.42. The van der Waals surface area contributed by atoms with Gasteiger partial charge in [-0.3, -0.25) is 0 Å². The molecule has 0 aliphatic carbocycles. The normalized spacial score (nSPS) is 12.1. The molecule has 1 unspecified atom stereocenters. The molecule has 0 radical (unpaired) electrons. The maximum absolute atomic E-state index is 13.3. The third kappa shape index (κ3) is 3.52. The standard InChI is InChI=1S/C13H15ClFN/c1-3-5-13(16-8-4-2)10-6-7-11(14)12(15)9-10/h1,6-7,9,13,16H,4-5,8H2,2H3. The summed E-state index contributed by atoms with van der Waals surface area (Å²) in [5.74, 6) is 2.19. The Morgan fingerprint density at radius 2 is 2.31 bits per heavy atom. The number of benzene rings is 1. The first-order valence-corrected chi connectivity index (χ1v) is 5.68. The van der Waals surface area contributed by atoms with Crippen LogP contribution in [-0.2, 0) is 0 Å². The third-order valence-electron chi connectivity index (χ3n) is 2.31. The van der Waals surface area contributed by atoms with E-state index < -0.39 is 5.82 Å². The van der Waals surface area contributed by atoms with Crippen molar-refractivity contribution in [2.24, 2.45) is 0 Å². The number of hydrogen-bond donors (Lipinski definition) is 1. The van der Waals surface area contributed by atoms with Crippen LogP contribution in [0.1, 0.15) is 31.4 Å². The van der Waals surface area contributed by atoms with Crippen LogP contribution in [0.15, 0.2) is 18.2 Å². The minimum absolute atomic E-state index is 0.00304. The highest BCUT2D eigenvalue weighted by atomic mass is 35.5. The lowest BCUT2D eigenvalue weighted by Crippen LogP contribution is -2.21. The van der Waals surface area contributed by atoms with Crippen LogP contribution in [0.2, 0.25) is 5.02 Å². The molecule has 0 heterocycles. The first kappa shape index (κ1) is 13.0. The smallest absolute Gasteiger partial charge is 0.142 e. The number of nitrogens with one attached hydrogen (secondary N) is 1. The molecular formula is C13H15ClFN. The minimum Gasteiger partial charge on any atom is -0.309 e. The fourth-order valence-electron chi connectivity index (χ4n) is 1.47. The van der Waals surface area contributed by atoms with Gasteiger partial charge in [-0.1, -0.05) is 24.6 Å². The second-order valence-corrected chi connectivity index (χ2v) is 4.00. The first-order valence-electron chi connectivity index (χ1n) is 5.30. The predicted molar refractivity (Wildman–Crippen MR) is 65.9 cm³/mol. The van der Waals surface area contributed by atoms with Crippen molar-refractivity contribution >= 4 is 11.6 Å². The summed E-state index contributed by atoms with van der Waals surface area (Å²) in [7, 11) is 0. The largest absolute Gasteiger partial charge is 0.309 e. The zero-order valence-corrected chi connectivity index (χ0v) is 10.0. The van der Waals surface area contributed by atoms with Gasteiger partial charge in [-0.2, -0.15) is 0 Å². The third-order valence-corrected chi connectivity index (χ3v) is 2.62. The van der Waals surface area contributed by atoms with E-state index in [0.29, 0.717) is 6.42 Å². The van der Waals surface area contributed by atoms with Crippen LogP contribution in [0.25, 0.3) is 0 Å². The molecule has 0 aromatic heterocycles. The summed E-state index contributed by atoms with van der Waals surface area (Å²) in [4.78, 5) is 0. The molecule has 16 heavy (non-hydrogen) atoms. The summed E-state index contributed by atoms with van der Waals surface area (Å²) >= 11 is 5.63. The molecule has 3 heteroatoms. The molecule has 1 atom stereocenters. The quantitative estimate of drug-likeness (QED) is 0.775. The van der Waals surface area contributed by atoms with Crippen LogP contribution < -0.4 is 5.32 Å². The number of halogens is 2. The molecule has 0 fully saturated rings. The molecule has 1 N–H and O–H groups in total. The Kier molecular flexibility index (Phi) is 5.31. The van der Waals surface area contributed by atoms with Gasteiger partial charge >= 0.3 is 0 Å². The van der Waals surface area contributed by atoms with E-state index >= 15 is 0 Å². The molecule has 1 nitrogen and oxygen atoms in total. The molecule has 1 rings (SSSR count). The minimum atomic E-state index is -0.403. The lowest BCUT2D eigenvalue weighted by atomic mass is 10.0. The molecular weight excluding hydrogens is 225 g/mol. The molecule has 1 aromatic carbocycles. The number of hydrogen-bond acceptors (Lipinski definition) is 1. The molecule has 0 amide bonds. The zero-order valence-electron chi connectivity index (χ0n) is 9.26. The van der Waals surface area contributed by atoms with E-state index in [4.69, 9.17) is 18.0 Å². The highest BCUT2D eigenvalue weighted by Crippen LogP contribution is 2.22. The maximum Gasteiger partial charge on any atom is 0.142 e. The first-order chi connectivity index (χ1) is 7.69. The van der Waals surface area contributed by atoms with E-state index in [2.05, 4.69) is 18.2 Å². The molecule has 0 bridgehead atoms. The van der Waals surface area contributed by atoms with E-state index in [1.807, 2.05) is 0 Å². The Morgan fingerprint density at radius 1 is 1.56 bits per heavy atom. The van der Waals surface area contributed by atoms with Gasteiger partial charge in [0, 0.05) is 12.5 Å². The van der Waals surface area contributed by atoms with Gasteiger partial charge in [-0.15, -0.1) is 12.3 Å². The molecule has 0 aliphatic rings. The van der Waals surface area contributed by atoms with Crippen molar-refractivity contribution < 1.29 is 4.39 Å². The Morgan fingerprint density at radius 3 is 2.88 bits per heavy atom. The van der Waals surface area contributed by atoms with Crippen molar-refractivity contribution in [1.29, 1.82) is 0 Å². The summed E-state index contributed by atoms with van der Waals surface area (Å²) < 4.78 is 13.3. The predicted octanol–water partition coefficient (Wildman–Crippen LogP) is 3.54. The van der Waals surface area contributed by atoms with Gasteiger partial charge in [0.2, 0.25) is 0 Å². The van der Waals surface area contributed by atoms with Crippen LogP contribution in [0.4, 0.5) is 4.39 Å². The summed E-state index contributed by atoms with van der Waals surface area (Å²) in [6.07, 6.45) is 6.85. The van der Waals surface area contributed by atoms with Gasteiger partial charge in [0.15, 0.2) is 0 Å². The Labute approximate surface area is 101 Å². The monoisotopic (exact) mass is 239 g/mol. The molecule has 0 spiro atoms. The van der Waals surface area contributed by atoms with Crippen LogP contribution in [-0.4, -0.2) is 6.54 Å². The van der Waals surface area contributed by atoms with Crippen molar-refractivity contribution in [2.75, 3.05) is 6.54 Å². The van der Waals surface area contributed by atoms with E-state index in [1.54, 1.807) is 12.1 Å². The van der Waals surface area contributed by atoms with Crippen LogP contribution in [0, 0.1) is 18.2 Å². The highest BCUT2D eigenvalue weighted by Gasteiger charge is 2.11. The lowest BCUT2D eigenvalue weighted by molar-refractivity contribution is 0.537. The molecule has 0 aliphatic heterocycles. The summed E-state index contributed by atoms with van der Waals surface area (Å²) in [6, 6.07) is 4.80. The van der Waals surface area contributed by atoms with Crippen molar-refractivity contribution in [3.8, 4) is 12.3 Å². The fraction of sp³-hybridized carbons (Fsp3) is 0.385. The van der Waals surface area contributed by atoms with Gasteiger partial charge in [0.1, 0.15) is 5.82 Å². The topological polar surface area (TPSA) is 12.0 Å². The summed E-state index contributed by atoms with van der Waals surface area (Å²) in [6.45, 7) is 2.93. The second kappa shape index (κ2) is 6.52. The van der Waals surface area contributed by atoms with Gasteiger partial charge < -0.3 is 5.32 Å². The molecule has 1 aromatic rings. The van der Waals surface area contributed by atoms with Gasteiger partial charge in [-0.05, 0) is 30.7 Å².